The minimum absolute atomic E-state index is 0. The van der Waals surface area contributed by atoms with E-state index in [-0.39, 0.29) is 137 Å². The summed E-state index contributed by atoms with van der Waals surface area (Å²) in [6, 6.07) is 20.6. The number of benzene rings is 2. The molecule has 0 atom stereocenters. The van der Waals surface area contributed by atoms with Crippen molar-refractivity contribution >= 4 is 41.0 Å². The molecule has 0 unspecified atom stereocenters. The molecule has 0 radical (unpaired) electrons. The van der Waals surface area contributed by atoms with Gasteiger partial charge >= 0.3 is 103 Å². The zero-order valence-electron chi connectivity index (χ0n) is 27.2. The number of amides is 2. The zero-order chi connectivity index (χ0) is 30.6. The Bertz CT molecular complexity index is 1160. The monoisotopic (exact) mass is 698 g/mol. The number of carbonyl (C=O) groups is 3. The maximum absolute atomic E-state index is 11.5. The Morgan fingerprint density at radius 3 is 1.51 bits per heavy atom. The van der Waals surface area contributed by atoms with Gasteiger partial charge in [-0.1, -0.05) is 75.5 Å². The van der Waals surface area contributed by atoms with Crippen LogP contribution in [0.1, 0.15) is 54.1 Å². The second kappa shape index (κ2) is 31.1. The van der Waals surface area contributed by atoms with Gasteiger partial charge in [-0.05, 0) is 46.3 Å². The number of halogens is 1. The number of rotatable bonds is 6. The molecular formula is C33H49ClK2N2O7. The summed E-state index contributed by atoms with van der Waals surface area (Å²) in [5.74, 6) is 0.754. The molecule has 0 saturated carbocycles. The average Bonchev–Trinajstić information content (AvgIpc) is 3.03. The number of carbonyl (C=O) groups excluding carboxylic acids is 3. The van der Waals surface area contributed by atoms with Gasteiger partial charge < -0.3 is 31.2 Å². The van der Waals surface area contributed by atoms with Crippen LogP contribution in [0.25, 0.3) is 11.1 Å². The van der Waals surface area contributed by atoms with E-state index in [9.17, 15) is 9.59 Å². The van der Waals surface area contributed by atoms with E-state index in [0.717, 1.165) is 33.0 Å². The van der Waals surface area contributed by atoms with Crippen LogP contribution in [0.5, 0.6) is 0 Å². The van der Waals surface area contributed by atoms with Gasteiger partial charge in [0.05, 0.1) is 6.61 Å². The Morgan fingerprint density at radius 1 is 0.844 bits per heavy atom. The molecule has 2 aliphatic rings. The van der Waals surface area contributed by atoms with E-state index in [1.165, 1.54) is 33.4 Å². The molecule has 2 aromatic rings. The van der Waals surface area contributed by atoms with Gasteiger partial charge in [0.15, 0.2) is 0 Å². The minimum atomic E-state index is -0.181. The molecule has 0 saturated heterocycles. The standard InChI is InChI=1S/C15H19NO2.C14H16ClNO.CH2O3.CH4O.2CH4.2K.H/c1-12(17)16-9-8-15(14(10-16)11-18-2)13-6-4-3-5-7-13;1-11(17)16-8-7-14(13(9-15)10-16)12-5-3-2-4-6-12;2-1-4-3;1-2;;;;;/h3-7H,8-11H2,1-2H3;2-6H,7-10H2,1H3;1,3H;2H,1H3;2*1H4;;;/q;;;;;;2*+1;-1/p-1. The Morgan fingerprint density at radius 2 is 1.20 bits per heavy atom. The Balaban J connectivity index is -0.000000190. The van der Waals surface area contributed by atoms with Crippen LogP contribution in [-0.2, 0) is 24.0 Å². The molecule has 12 heteroatoms. The van der Waals surface area contributed by atoms with Crippen LogP contribution in [0.3, 0.4) is 0 Å². The number of ether oxygens (including phenoxy) is 1. The molecule has 2 aliphatic heterocycles. The number of hydrogen-bond acceptors (Lipinski definition) is 7. The van der Waals surface area contributed by atoms with Gasteiger partial charge in [0.2, 0.25) is 11.8 Å². The van der Waals surface area contributed by atoms with Crippen LogP contribution >= 0.6 is 11.6 Å². The maximum atomic E-state index is 11.5. The van der Waals surface area contributed by atoms with Crippen LogP contribution in [0, 0.1) is 0 Å². The van der Waals surface area contributed by atoms with Crippen molar-refractivity contribution in [2.45, 2.75) is 41.5 Å². The molecule has 0 aliphatic carbocycles. The van der Waals surface area contributed by atoms with Crippen molar-refractivity contribution in [1.82, 2.24) is 9.80 Å². The van der Waals surface area contributed by atoms with Crippen molar-refractivity contribution in [2.24, 2.45) is 0 Å². The molecule has 45 heavy (non-hydrogen) atoms. The van der Waals surface area contributed by atoms with Crippen LogP contribution in [0.15, 0.2) is 71.8 Å². The zero-order valence-corrected chi connectivity index (χ0v) is 33.2. The first-order chi connectivity index (χ1) is 19.9. The molecule has 0 spiro atoms. The van der Waals surface area contributed by atoms with Crippen LogP contribution < -0.4 is 108 Å². The number of alkyl halides is 1. The molecular weight excluding hydrogens is 650 g/mol. The number of aliphatic hydroxyl groups excluding tert-OH is 1. The van der Waals surface area contributed by atoms with E-state index < -0.39 is 0 Å². The fourth-order valence-corrected chi connectivity index (χ4v) is 4.85. The maximum Gasteiger partial charge on any atom is 1.00 e. The van der Waals surface area contributed by atoms with Gasteiger partial charge in [0, 0.05) is 60.1 Å². The number of methoxy groups -OCH3 is 1. The molecule has 242 valence electrons. The third-order valence-electron chi connectivity index (χ3n) is 6.53. The van der Waals surface area contributed by atoms with Crippen molar-refractivity contribution in [2.75, 3.05) is 52.9 Å². The Labute approximate surface area is 361 Å². The molecule has 4 rings (SSSR count). The van der Waals surface area contributed by atoms with Gasteiger partial charge in [-0.15, -0.1) is 11.6 Å². The first-order valence-corrected chi connectivity index (χ1v) is 13.6. The van der Waals surface area contributed by atoms with Crippen LogP contribution in [-0.4, -0.2) is 86.1 Å². The van der Waals surface area contributed by atoms with Gasteiger partial charge in [0.25, 0.3) is 6.47 Å². The van der Waals surface area contributed by atoms with Gasteiger partial charge in [-0.3, -0.25) is 14.4 Å². The molecule has 2 amide bonds. The number of aliphatic hydroxyl groups is 1. The topological polar surface area (TPSA) is 119 Å². The van der Waals surface area contributed by atoms with E-state index >= 15 is 0 Å². The van der Waals surface area contributed by atoms with E-state index in [0.29, 0.717) is 25.6 Å². The summed E-state index contributed by atoms with van der Waals surface area (Å²) in [5, 5.41) is 15.4. The van der Waals surface area contributed by atoms with E-state index in [1.54, 1.807) is 21.0 Å². The molecule has 9 nitrogen and oxygen atoms in total. The van der Waals surface area contributed by atoms with Crippen molar-refractivity contribution in [1.29, 1.82) is 0 Å². The molecule has 0 aromatic heterocycles. The number of hydrogen-bond donors (Lipinski definition) is 1. The summed E-state index contributed by atoms with van der Waals surface area (Å²) in [7, 11) is 2.70. The third-order valence-corrected chi connectivity index (χ3v) is 6.86. The smallest absolute Gasteiger partial charge is 1.00 e. The quantitative estimate of drug-likeness (QED) is 0.131. The summed E-state index contributed by atoms with van der Waals surface area (Å²) >= 11 is 6.00. The van der Waals surface area contributed by atoms with Crippen LogP contribution in [0.2, 0.25) is 0 Å². The van der Waals surface area contributed by atoms with Gasteiger partial charge in [0.1, 0.15) is 0 Å². The molecule has 0 fully saturated rings. The van der Waals surface area contributed by atoms with Gasteiger partial charge in [-0.2, -0.15) is 0 Å². The SMILES string of the molecule is C.C.CC(=O)N1CCC(c2ccccc2)=C(CCl)C1.CO.COCC1=C(c2ccccc2)CCN(C(C)=O)C1.O=CO[O-].[H-].[K+].[K+]. The first-order valence-electron chi connectivity index (χ1n) is 13.1. The molecule has 2 aromatic carbocycles. The fraction of sp³-hybridized carbons (Fsp3) is 0.424. The van der Waals surface area contributed by atoms with E-state index in [4.69, 9.17) is 31.5 Å². The summed E-state index contributed by atoms with van der Waals surface area (Å²) in [6.07, 6.45) is 1.80. The minimum Gasteiger partial charge on any atom is -1.00 e. The predicted octanol–water partition coefficient (Wildman–Crippen LogP) is -1.29. The Kier molecular flexibility index (Phi) is 35.6. The second-order valence-corrected chi connectivity index (χ2v) is 9.30. The second-order valence-electron chi connectivity index (χ2n) is 9.04. The normalized spacial score (nSPS) is 13.1. The molecule has 1 N–H and O–H groups in total. The van der Waals surface area contributed by atoms with Gasteiger partial charge in [-0.25, -0.2) is 0 Å². The summed E-state index contributed by atoms with van der Waals surface area (Å²) in [4.78, 5) is 37.8. The first kappa shape index (κ1) is 51.6. The third kappa shape index (κ3) is 18.8. The average molecular weight is 699 g/mol. The van der Waals surface area contributed by atoms with Crippen molar-refractivity contribution < 1.29 is 139 Å². The summed E-state index contributed by atoms with van der Waals surface area (Å²) < 4.78 is 5.27. The fourth-order valence-electron chi connectivity index (χ4n) is 4.60. The van der Waals surface area contributed by atoms with Crippen molar-refractivity contribution in [3.8, 4) is 0 Å². The molecule has 2 heterocycles. The Hall–Kier alpha value is -0.227. The largest absolute Gasteiger partial charge is 1.00 e. The number of nitrogens with zero attached hydrogens (tertiary/aromatic N) is 2. The van der Waals surface area contributed by atoms with Crippen molar-refractivity contribution in [3.05, 3.63) is 82.9 Å². The van der Waals surface area contributed by atoms with Crippen LogP contribution in [0.4, 0.5) is 0 Å². The predicted molar refractivity (Wildman–Crippen MR) is 173 cm³/mol. The molecule has 0 bridgehead atoms. The van der Waals surface area contributed by atoms with Crippen molar-refractivity contribution in [3.63, 3.8) is 0 Å². The van der Waals surface area contributed by atoms with E-state index in [1.807, 2.05) is 46.2 Å². The summed E-state index contributed by atoms with van der Waals surface area (Å²) in [5.41, 5.74) is 7.48. The summed E-state index contributed by atoms with van der Waals surface area (Å²) in [6.45, 7) is 6.59. The van der Waals surface area contributed by atoms with E-state index in [2.05, 4.69) is 29.2 Å².